The van der Waals surface area contributed by atoms with Gasteiger partial charge in [-0.05, 0) is 43.9 Å². The van der Waals surface area contributed by atoms with Gasteiger partial charge in [0, 0.05) is 15.5 Å². The summed E-state index contributed by atoms with van der Waals surface area (Å²) < 4.78 is 1.36. The van der Waals surface area contributed by atoms with E-state index in [9.17, 15) is 9.59 Å². The number of benzene rings is 1. The first-order chi connectivity index (χ1) is 11.5. The molecule has 1 amide bonds. The third kappa shape index (κ3) is 3.22. The van der Waals surface area contributed by atoms with Crippen LogP contribution < -0.4 is 10.9 Å². The monoisotopic (exact) mass is 359 g/mol. The van der Waals surface area contributed by atoms with E-state index in [0.717, 1.165) is 25.9 Å². The molecule has 0 radical (unpaired) electrons. The Morgan fingerprint density at radius 3 is 2.92 bits per heavy atom. The summed E-state index contributed by atoms with van der Waals surface area (Å²) in [5.41, 5.74) is 1.49. The highest BCUT2D eigenvalue weighted by Crippen LogP contribution is 2.25. The molecule has 7 heteroatoms. The van der Waals surface area contributed by atoms with Crippen molar-refractivity contribution in [1.29, 1.82) is 0 Å². The number of thiophene rings is 1. The van der Waals surface area contributed by atoms with Crippen molar-refractivity contribution in [3.8, 4) is 0 Å². The molecule has 0 aliphatic rings. The van der Waals surface area contributed by atoms with Crippen LogP contribution in [0.15, 0.2) is 40.3 Å². The molecule has 0 unspecified atom stereocenters. The molecule has 3 aromatic rings. The number of aromatic nitrogens is 2. The molecule has 3 rings (SSSR count). The third-order valence-electron chi connectivity index (χ3n) is 3.82. The standard InChI is InChI=1S/C17H17N3O2S2/c1-10-11(2)24-16-15(10)17(22)20(9-18-16)8-14(21)19-12-5-4-6-13(7-12)23-3/h4-7,9H,8H2,1-3H3,(H,19,21). The summed E-state index contributed by atoms with van der Waals surface area (Å²) in [6, 6.07) is 7.59. The Kier molecular flexibility index (Phi) is 4.73. The molecule has 2 heterocycles. The number of carbonyl (C=O) groups is 1. The molecule has 0 spiro atoms. The van der Waals surface area contributed by atoms with Crippen molar-refractivity contribution in [3.63, 3.8) is 0 Å². The van der Waals surface area contributed by atoms with E-state index in [0.29, 0.717) is 5.39 Å². The van der Waals surface area contributed by atoms with Gasteiger partial charge in [0.1, 0.15) is 11.4 Å². The van der Waals surface area contributed by atoms with Crippen molar-refractivity contribution in [2.45, 2.75) is 25.3 Å². The Hall–Kier alpha value is -2.12. The first kappa shape index (κ1) is 16.7. The lowest BCUT2D eigenvalue weighted by Gasteiger charge is -2.08. The normalized spacial score (nSPS) is 11.0. The Balaban J connectivity index is 1.84. The van der Waals surface area contributed by atoms with Crippen molar-refractivity contribution in [2.24, 2.45) is 0 Å². The van der Waals surface area contributed by atoms with E-state index in [1.807, 2.05) is 44.4 Å². The maximum Gasteiger partial charge on any atom is 0.262 e. The van der Waals surface area contributed by atoms with Crippen LogP contribution in [0, 0.1) is 13.8 Å². The predicted octanol–water partition coefficient (Wildman–Crippen LogP) is 3.44. The van der Waals surface area contributed by atoms with Gasteiger partial charge in [0.25, 0.3) is 5.56 Å². The summed E-state index contributed by atoms with van der Waals surface area (Å²) in [6.45, 7) is 3.83. The SMILES string of the molecule is CSc1cccc(NC(=O)Cn2cnc3sc(C)c(C)c3c2=O)c1. The molecule has 5 nitrogen and oxygen atoms in total. The molecule has 0 aliphatic heterocycles. The second-order valence-electron chi connectivity index (χ2n) is 5.42. The van der Waals surface area contributed by atoms with E-state index in [1.54, 1.807) is 11.8 Å². The van der Waals surface area contributed by atoms with E-state index in [4.69, 9.17) is 0 Å². The molecular formula is C17H17N3O2S2. The number of nitrogens with one attached hydrogen (secondary N) is 1. The summed E-state index contributed by atoms with van der Waals surface area (Å²) in [5.74, 6) is -0.249. The zero-order valence-electron chi connectivity index (χ0n) is 13.6. The zero-order valence-corrected chi connectivity index (χ0v) is 15.3. The highest BCUT2D eigenvalue weighted by Gasteiger charge is 2.13. The van der Waals surface area contributed by atoms with Crippen LogP contribution in [0.5, 0.6) is 0 Å². The number of hydrogen-bond acceptors (Lipinski definition) is 5. The number of fused-ring (bicyclic) bond motifs is 1. The van der Waals surface area contributed by atoms with Crippen LogP contribution in [-0.4, -0.2) is 21.7 Å². The molecule has 0 saturated heterocycles. The van der Waals surface area contributed by atoms with Crippen LogP contribution in [-0.2, 0) is 11.3 Å². The first-order valence-corrected chi connectivity index (χ1v) is 9.42. The number of amides is 1. The van der Waals surface area contributed by atoms with E-state index in [-0.39, 0.29) is 18.0 Å². The molecule has 0 atom stereocenters. The summed E-state index contributed by atoms with van der Waals surface area (Å²) >= 11 is 3.11. The van der Waals surface area contributed by atoms with Gasteiger partial charge in [0.15, 0.2) is 0 Å². The predicted molar refractivity (Wildman–Crippen MR) is 100 cm³/mol. The molecule has 1 aromatic carbocycles. The third-order valence-corrected chi connectivity index (χ3v) is 5.66. The zero-order chi connectivity index (χ0) is 17.3. The number of rotatable bonds is 4. The van der Waals surface area contributed by atoms with Gasteiger partial charge < -0.3 is 5.32 Å². The molecule has 0 saturated carbocycles. The minimum Gasteiger partial charge on any atom is -0.324 e. The lowest BCUT2D eigenvalue weighted by atomic mass is 10.2. The molecule has 0 fully saturated rings. The van der Waals surface area contributed by atoms with Gasteiger partial charge in [-0.25, -0.2) is 4.98 Å². The van der Waals surface area contributed by atoms with Gasteiger partial charge >= 0.3 is 0 Å². The van der Waals surface area contributed by atoms with Crippen molar-refractivity contribution in [2.75, 3.05) is 11.6 Å². The Morgan fingerprint density at radius 2 is 2.17 bits per heavy atom. The smallest absolute Gasteiger partial charge is 0.262 e. The number of anilines is 1. The molecule has 0 aliphatic carbocycles. The fourth-order valence-corrected chi connectivity index (χ4v) is 3.89. The van der Waals surface area contributed by atoms with Gasteiger partial charge in [-0.2, -0.15) is 0 Å². The minimum atomic E-state index is -0.249. The van der Waals surface area contributed by atoms with E-state index in [1.165, 1.54) is 22.2 Å². The summed E-state index contributed by atoms with van der Waals surface area (Å²) in [4.78, 5) is 32.0. The van der Waals surface area contributed by atoms with E-state index >= 15 is 0 Å². The number of carbonyl (C=O) groups excluding carboxylic acids is 1. The fraction of sp³-hybridized carbons (Fsp3) is 0.235. The van der Waals surface area contributed by atoms with Gasteiger partial charge in [-0.1, -0.05) is 6.07 Å². The number of hydrogen-bond donors (Lipinski definition) is 1. The number of aryl methyl sites for hydroxylation is 2. The van der Waals surface area contributed by atoms with Gasteiger partial charge in [-0.15, -0.1) is 23.1 Å². The molecule has 24 heavy (non-hydrogen) atoms. The maximum absolute atomic E-state index is 12.6. The molecular weight excluding hydrogens is 342 g/mol. The van der Waals surface area contributed by atoms with Crippen LogP contribution in [0.1, 0.15) is 10.4 Å². The highest BCUT2D eigenvalue weighted by atomic mass is 32.2. The average Bonchev–Trinajstić information content (AvgIpc) is 2.85. The molecule has 2 aromatic heterocycles. The fourth-order valence-electron chi connectivity index (χ4n) is 2.44. The van der Waals surface area contributed by atoms with E-state index < -0.39 is 0 Å². The van der Waals surface area contributed by atoms with Gasteiger partial charge in [0.05, 0.1) is 11.7 Å². The van der Waals surface area contributed by atoms with Gasteiger partial charge in [0.2, 0.25) is 5.91 Å². The highest BCUT2D eigenvalue weighted by molar-refractivity contribution is 7.98. The quantitative estimate of drug-likeness (QED) is 0.725. The summed E-state index contributed by atoms with van der Waals surface area (Å²) in [6.07, 6.45) is 3.42. The average molecular weight is 359 g/mol. The Bertz CT molecular complexity index is 976. The van der Waals surface area contributed by atoms with Crippen LogP contribution in [0.3, 0.4) is 0 Å². The lowest BCUT2D eigenvalue weighted by molar-refractivity contribution is -0.116. The second-order valence-corrected chi connectivity index (χ2v) is 7.50. The molecule has 0 bridgehead atoms. The second kappa shape index (κ2) is 6.78. The van der Waals surface area contributed by atoms with Crippen molar-refractivity contribution >= 4 is 44.9 Å². The number of thioether (sulfide) groups is 1. The summed E-state index contributed by atoms with van der Waals surface area (Å²) in [7, 11) is 0. The van der Waals surface area contributed by atoms with Crippen LogP contribution >= 0.6 is 23.1 Å². The first-order valence-electron chi connectivity index (χ1n) is 7.38. The van der Waals surface area contributed by atoms with Crippen molar-refractivity contribution in [1.82, 2.24) is 9.55 Å². The van der Waals surface area contributed by atoms with Crippen LogP contribution in [0.4, 0.5) is 5.69 Å². The maximum atomic E-state index is 12.6. The largest absolute Gasteiger partial charge is 0.324 e. The van der Waals surface area contributed by atoms with Crippen molar-refractivity contribution < 1.29 is 4.79 Å². The minimum absolute atomic E-state index is 0.0559. The number of nitrogens with zero attached hydrogens (tertiary/aromatic N) is 2. The van der Waals surface area contributed by atoms with Crippen molar-refractivity contribution in [3.05, 3.63) is 51.4 Å². The topological polar surface area (TPSA) is 64.0 Å². The summed E-state index contributed by atoms with van der Waals surface area (Å²) in [5, 5.41) is 3.43. The molecule has 124 valence electrons. The Labute approximate surface area is 147 Å². The van der Waals surface area contributed by atoms with Gasteiger partial charge in [-0.3, -0.25) is 14.2 Å². The van der Waals surface area contributed by atoms with Crippen LogP contribution in [0.25, 0.3) is 10.2 Å². The lowest BCUT2D eigenvalue weighted by Crippen LogP contribution is -2.27. The molecule has 1 N–H and O–H groups in total. The van der Waals surface area contributed by atoms with E-state index in [2.05, 4.69) is 10.3 Å². The Morgan fingerprint density at radius 1 is 1.38 bits per heavy atom. The van der Waals surface area contributed by atoms with Crippen LogP contribution in [0.2, 0.25) is 0 Å².